The number of unbranched alkanes of at least 4 members (excludes halogenated alkanes) is 2. The van der Waals surface area contributed by atoms with Gasteiger partial charge in [0.2, 0.25) is 0 Å². The lowest BCUT2D eigenvalue weighted by molar-refractivity contribution is 0.0466. The van der Waals surface area contributed by atoms with Crippen molar-refractivity contribution in [2.24, 2.45) is 5.92 Å². The molecule has 0 heterocycles. The zero-order chi connectivity index (χ0) is 28.3. The molecule has 218 valence electrons. The van der Waals surface area contributed by atoms with Crippen LogP contribution in [0.1, 0.15) is 107 Å². The van der Waals surface area contributed by atoms with Gasteiger partial charge in [-0.05, 0) is 118 Å². The summed E-state index contributed by atoms with van der Waals surface area (Å²) < 4.78 is 56.1. The molecule has 0 amide bonds. The van der Waals surface area contributed by atoms with E-state index < -0.39 is 11.6 Å². The number of hydrogen-bond donors (Lipinski definition) is 0. The average Bonchev–Trinajstić information content (AvgIpc) is 2.98. The molecule has 40 heavy (non-hydrogen) atoms. The SMILES string of the molecule is C=CCCCOc1ccc(C2CCC(CCc3ccc(C4=CCC(OCCCC)CC4)c(F)c3F)CC2)cc1F. The first-order valence-corrected chi connectivity index (χ1v) is 15.3. The summed E-state index contributed by atoms with van der Waals surface area (Å²) in [7, 11) is 0. The van der Waals surface area contributed by atoms with Gasteiger partial charge < -0.3 is 9.47 Å². The zero-order valence-corrected chi connectivity index (χ0v) is 24.0. The van der Waals surface area contributed by atoms with Gasteiger partial charge in [0.05, 0.1) is 12.7 Å². The first kappa shape index (κ1) is 30.4. The molecule has 1 atom stereocenters. The molecule has 0 N–H and O–H groups in total. The van der Waals surface area contributed by atoms with Gasteiger partial charge in [-0.15, -0.1) is 6.58 Å². The maximum atomic E-state index is 15.1. The average molecular weight is 555 g/mol. The van der Waals surface area contributed by atoms with Crippen LogP contribution in [0.2, 0.25) is 0 Å². The normalized spacial score (nSPS) is 21.2. The van der Waals surface area contributed by atoms with E-state index in [-0.39, 0.29) is 11.9 Å². The Morgan fingerprint density at radius 2 is 1.77 bits per heavy atom. The Morgan fingerprint density at radius 1 is 0.950 bits per heavy atom. The minimum Gasteiger partial charge on any atom is -0.491 e. The van der Waals surface area contributed by atoms with E-state index in [9.17, 15) is 4.39 Å². The highest BCUT2D eigenvalue weighted by Gasteiger charge is 2.25. The molecule has 5 heteroatoms. The van der Waals surface area contributed by atoms with Crippen molar-refractivity contribution in [2.75, 3.05) is 13.2 Å². The number of rotatable bonds is 14. The minimum absolute atomic E-state index is 0.183. The standard InChI is InChI=1S/C35H45F3O2/c1-3-5-7-23-40-33-21-17-29(24-32(33)36)26-11-8-25(9-12-26)10-13-28-16-20-31(35(38)34(28)37)27-14-18-30(19-15-27)39-22-6-4-2/h3,14,16-17,20-21,24-26,30H,1,4-13,15,18-19,22-23H2,2H3. The predicted octanol–water partition coefficient (Wildman–Crippen LogP) is 10.1. The van der Waals surface area contributed by atoms with Gasteiger partial charge in [0.1, 0.15) is 0 Å². The molecule has 2 nitrogen and oxygen atoms in total. The van der Waals surface area contributed by atoms with Crippen molar-refractivity contribution in [3.63, 3.8) is 0 Å². The molecular formula is C35H45F3O2. The highest BCUT2D eigenvalue weighted by atomic mass is 19.2. The first-order valence-electron chi connectivity index (χ1n) is 15.3. The Bertz CT molecular complexity index is 1130. The number of halogens is 3. The lowest BCUT2D eigenvalue weighted by Crippen LogP contribution is -2.17. The second kappa shape index (κ2) is 15.5. The summed E-state index contributed by atoms with van der Waals surface area (Å²) in [6, 6.07) is 8.88. The lowest BCUT2D eigenvalue weighted by atomic mass is 9.77. The largest absolute Gasteiger partial charge is 0.491 e. The molecule has 0 aromatic heterocycles. The van der Waals surface area contributed by atoms with Gasteiger partial charge in [-0.25, -0.2) is 13.2 Å². The maximum absolute atomic E-state index is 15.1. The van der Waals surface area contributed by atoms with Gasteiger partial charge in [0.25, 0.3) is 0 Å². The molecule has 0 saturated heterocycles. The third-order valence-electron chi connectivity index (χ3n) is 8.63. The first-order chi connectivity index (χ1) is 19.5. The fraction of sp³-hybridized carbons (Fsp3) is 0.543. The summed E-state index contributed by atoms with van der Waals surface area (Å²) in [6.07, 6.45) is 15.6. The third kappa shape index (κ3) is 8.25. The van der Waals surface area contributed by atoms with Gasteiger partial charge >= 0.3 is 0 Å². The molecule has 0 bridgehead atoms. The summed E-state index contributed by atoms with van der Waals surface area (Å²) in [5.41, 5.74) is 2.77. The molecule has 0 aliphatic heterocycles. The fourth-order valence-electron chi connectivity index (χ4n) is 6.07. The molecule has 0 spiro atoms. The number of ether oxygens (including phenoxy) is 2. The number of allylic oxidation sites excluding steroid dienone is 2. The van der Waals surface area contributed by atoms with E-state index in [1.165, 1.54) is 0 Å². The maximum Gasteiger partial charge on any atom is 0.166 e. The number of hydrogen-bond acceptors (Lipinski definition) is 2. The van der Waals surface area contributed by atoms with Crippen LogP contribution >= 0.6 is 0 Å². The van der Waals surface area contributed by atoms with E-state index in [1.54, 1.807) is 24.3 Å². The summed E-state index contributed by atoms with van der Waals surface area (Å²) in [6.45, 7) is 7.07. The Hall–Kier alpha value is -2.53. The monoisotopic (exact) mass is 554 g/mol. The van der Waals surface area contributed by atoms with Crippen LogP contribution in [0.5, 0.6) is 5.75 Å². The van der Waals surface area contributed by atoms with Gasteiger partial charge in [-0.3, -0.25) is 0 Å². The van der Waals surface area contributed by atoms with E-state index in [2.05, 4.69) is 13.5 Å². The fourth-order valence-corrected chi connectivity index (χ4v) is 6.07. The summed E-state index contributed by atoms with van der Waals surface area (Å²) in [4.78, 5) is 0. The molecule has 2 aromatic carbocycles. The van der Waals surface area contributed by atoms with Crippen LogP contribution in [0.3, 0.4) is 0 Å². The topological polar surface area (TPSA) is 18.5 Å². The Morgan fingerprint density at radius 3 is 2.48 bits per heavy atom. The molecule has 1 fully saturated rings. The van der Waals surface area contributed by atoms with Gasteiger partial charge in [0, 0.05) is 12.2 Å². The van der Waals surface area contributed by atoms with Crippen molar-refractivity contribution in [1.29, 1.82) is 0 Å². The van der Waals surface area contributed by atoms with Gasteiger partial charge in [-0.1, -0.05) is 43.7 Å². The van der Waals surface area contributed by atoms with Gasteiger partial charge in [0.15, 0.2) is 23.2 Å². The van der Waals surface area contributed by atoms with Crippen LogP contribution in [-0.4, -0.2) is 19.3 Å². The number of aryl methyl sites for hydroxylation is 1. The predicted molar refractivity (Wildman–Crippen MR) is 157 cm³/mol. The quantitative estimate of drug-likeness (QED) is 0.171. The van der Waals surface area contributed by atoms with E-state index in [1.807, 2.05) is 18.2 Å². The zero-order valence-electron chi connectivity index (χ0n) is 24.0. The minimum atomic E-state index is -0.715. The van der Waals surface area contributed by atoms with Crippen molar-refractivity contribution >= 4 is 5.57 Å². The van der Waals surface area contributed by atoms with Crippen LogP contribution in [0.25, 0.3) is 5.57 Å². The molecule has 0 radical (unpaired) electrons. The Kier molecular flexibility index (Phi) is 11.8. The molecular weight excluding hydrogens is 509 g/mol. The van der Waals surface area contributed by atoms with Crippen molar-refractivity contribution in [1.82, 2.24) is 0 Å². The lowest BCUT2D eigenvalue weighted by Gasteiger charge is -2.29. The summed E-state index contributed by atoms with van der Waals surface area (Å²) in [5.74, 6) is -0.607. The van der Waals surface area contributed by atoms with Crippen LogP contribution in [0.15, 0.2) is 49.1 Å². The molecule has 2 aliphatic rings. The highest BCUT2D eigenvalue weighted by Crippen LogP contribution is 2.39. The molecule has 1 saturated carbocycles. The highest BCUT2D eigenvalue weighted by molar-refractivity contribution is 5.67. The van der Waals surface area contributed by atoms with Crippen LogP contribution in [0.4, 0.5) is 13.2 Å². The second-order valence-corrected chi connectivity index (χ2v) is 11.5. The van der Waals surface area contributed by atoms with E-state index in [4.69, 9.17) is 9.47 Å². The summed E-state index contributed by atoms with van der Waals surface area (Å²) >= 11 is 0. The van der Waals surface area contributed by atoms with Crippen molar-refractivity contribution < 1.29 is 22.6 Å². The van der Waals surface area contributed by atoms with E-state index >= 15 is 8.78 Å². The van der Waals surface area contributed by atoms with Crippen LogP contribution < -0.4 is 4.74 Å². The molecule has 2 aliphatic carbocycles. The second-order valence-electron chi connectivity index (χ2n) is 11.5. The van der Waals surface area contributed by atoms with Crippen LogP contribution in [0, 0.1) is 23.4 Å². The molecule has 4 rings (SSSR count). The molecule has 1 unspecified atom stereocenters. The van der Waals surface area contributed by atoms with Crippen molar-refractivity contribution in [2.45, 2.75) is 102 Å². The smallest absolute Gasteiger partial charge is 0.166 e. The van der Waals surface area contributed by atoms with Crippen molar-refractivity contribution in [3.8, 4) is 5.75 Å². The molecule has 2 aromatic rings. The van der Waals surface area contributed by atoms with Crippen molar-refractivity contribution in [3.05, 3.63) is 83.2 Å². The Balaban J connectivity index is 1.25. The summed E-state index contributed by atoms with van der Waals surface area (Å²) in [5, 5.41) is 0. The van der Waals surface area contributed by atoms with Gasteiger partial charge in [-0.2, -0.15) is 0 Å². The van der Waals surface area contributed by atoms with E-state index in [0.717, 1.165) is 88.4 Å². The third-order valence-corrected chi connectivity index (χ3v) is 8.63. The van der Waals surface area contributed by atoms with E-state index in [0.29, 0.717) is 48.2 Å². The Labute approximate surface area is 238 Å². The van der Waals surface area contributed by atoms with Crippen LogP contribution in [-0.2, 0) is 11.2 Å². The number of benzene rings is 2.